The van der Waals surface area contributed by atoms with Crippen LogP contribution in [0, 0.1) is 0 Å². The average Bonchev–Trinajstić information content (AvgIpc) is 3.23. The van der Waals surface area contributed by atoms with Crippen molar-refractivity contribution in [2.45, 2.75) is 36.2 Å². The van der Waals surface area contributed by atoms with E-state index in [2.05, 4.69) is 20.8 Å². The summed E-state index contributed by atoms with van der Waals surface area (Å²) < 4.78 is 1.80. The minimum atomic E-state index is -0.466. The van der Waals surface area contributed by atoms with Crippen molar-refractivity contribution in [3.63, 3.8) is 0 Å². The highest BCUT2D eigenvalue weighted by atomic mass is 32.2. The molecule has 1 fully saturated rings. The lowest BCUT2D eigenvalue weighted by molar-refractivity contribution is -0.119. The van der Waals surface area contributed by atoms with Gasteiger partial charge in [-0.25, -0.2) is 4.79 Å². The van der Waals surface area contributed by atoms with Crippen LogP contribution in [0.4, 0.5) is 4.79 Å². The first kappa shape index (κ1) is 15.5. The first-order valence-corrected chi connectivity index (χ1v) is 8.25. The summed E-state index contributed by atoms with van der Waals surface area (Å²) in [5, 5.41) is 13.2. The number of nitrogens with one attached hydrogen (secondary N) is 2. The minimum Gasteiger partial charge on any atom is -0.335 e. The van der Waals surface area contributed by atoms with Crippen LogP contribution in [0.15, 0.2) is 41.8 Å². The third-order valence-electron chi connectivity index (χ3n) is 3.35. The van der Waals surface area contributed by atoms with E-state index in [1.807, 2.05) is 30.3 Å². The van der Waals surface area contributed by atoms with Crippen LogP contribution in [0.2, 0.25) is 0 Å². The third kappa shape index (κ3) is 4.10. The lowest BCUT2D eigenvalue weighted by atomic mass is 10.3. The number of carbonyl (C=O) groups excluding carboxylic acids is 2. The van der Waals surface area contributed by atoms with E-state index in [0.717, 1.165) is 18.5 Å². The molecule has 1 saturated carbocycles. The molecule has 1 heterocycles. The summed E-state index contributed by atoms with van der Waals surface area (Å²) in [6.45, 7) is 1.73. The Kier molecular flexibility index (Phi) is 4.61. The van der Waals surface area contributed by atoms with Crippen LogP contribution in [0.1, 0.15) is 19.8 Å². The molecule has 1 aliphatic rings. The molecule has 2 aromatic rings. The van der Waals surface area contributed by atoms with Gasteiger partial charge < -0.3 is 5.32 Å². The van der Waals surface area contributed by atoms with Gasteiger partial charge in [-0.05, 0) is 31.9 Å². The van der Waals surface area contributed by atoms with Crippen LogP contribution in [-0.2, 0) is 4.79 Å². The molecule has 0 spiro atoms. The van der Waals surface area contributed by atoms with E-state index in [1.165, 1.54) is 11.8 Å². The smallest absolute Gasteiger partial charge is 0.321 e. The molecular weight excluding hydrogens is 314 g/mol. The molecular formula is C15H17N5O2S. The van der Waals surface area contributed by atoms with E-state index in [9.17, 15) is 9.59 Å². The highest BCUT2D eigenvalue weighted by molar-refractivity contribution is 8.00. The molecule has 120 valence electrons. The van der Waals surface area contributed by atoms with Gasteiger partial charge in [0.05, 0.1) is 5.25 Å². The topological polar surface area (TPSA) is 88.9 Å². The molecule has 0 aliphatic heterocycles. The lowest BCUT2D eigenvalue weighted by Gasteiger charge is -2.12. The number of nitrogens with zero attached hydrogens (tertiary/aromatic N) is 3. The summed E-state index contributed by atoms with van der Waals surface area (Å²) in [7, 11) is 0. The van der Waals surface area contributed by atoms with Crippen LogP contribution in [-0.4, -0.2) is 38.0 Å². The SMILES string of the molecule is C[C@@H](Sc1nncn1-c1ccccc1)C(=O)NC(=O)NC1CC1. The molecule has 8 heteroatoms. The lowest BCUT2D eigenvalue weighted by Crippen LogP contribution is -2.43. The van der Waals surface area contributed by atoms with Crippen molar-refractivity contribution in [2.24, 2.45) is 0 Å². The number of hydrogen-bond donors (Lipinski definition) is 2. The predicted molar refractivity (Wildman–Crippen MR) is 86.4 cm³/mol. The van der Waals surface area contributed by atoms with Gasteiger partial charge in [0.15, 0.2) is 5.16 Å². The fraction of sp³-hybridized carbons (Fsp3) is 0.333. The zero-order valence-electron chi connectivity index (χ0n) is 12.6. The van der Waals surface area contributed by atoms with Crippen LogP contribution < -0.4 is 10.6 Å². The van der Waals surface area contributed by atoms with E-state index in [-0.39, 0.29) is 11.9 Å². The Balaban J connectivity index is 1.61. The molecule has 0 radical (unpaired) electrons. The Bertz CT molecular complexity index is 699. The van der Waals surface area contributed by atoms with Crippen molar-refractivity contribution in [3.8, 4) is 5.69 Å². The van der Waals surface area contributed by atoms with Gasteiger partial charge in [0, 0.05) is 11.7 Å². The maximum atomic E-state index is 12.1. The van der Waals surface area contributed by atoms with Gasteiger partial charge in [0.2, 0.25) is 5.91 Å². The number of aromatic nitrogens is 3. The standard InChI is InChI=1S/C15H17N5O2S/c1-10(13(21)18-14(22)17-11-7-8-11)23-15-19-16-9-20(15)12-5-3-2-4-6-12/h2-6,9-11H,7-8H2,1H3,(H2,17,18,21,22)/t10-/m1/s1. The Morgan fingerprint density at radius 3 is 2.74 bits per heavy atom. The fourth-order valence-corrected chi connectivity index (χ4v) is 2.79. The first-order valence-electron chi connectivity index (χ1n) is 7.37. The third-order valence-corrected chi connectivity index (χ3v) is 4.41. The van der Waals surface area contributed by atoms with Crippen LogP contribution >= 0.6 is 11.8 Å². The monoisotopic (exact) mass is 331 g/mol. The van der Waals surface area contributed by atoms with Crippen LogP contribution in [0.5, 0.6) is 0 Å². The summed E-state index contributed by atoms with van der Waals surface area (Å²) in [6, 6.07) is 9.41. The molecule has 0 saturated heterocycles. The van der Waals surface area contributed by atoms with E-state index in [4.69, 9.17) is 0 Å². The highest BCUT2D eigenvalue weighted by Crippen LogP contribution is 2.24. The average molecular weight is 331 g/mol. The van der Waals surface area contributed by atoms with Gasteiger partial charge in [0.1, 0.15) is 6.33 Å². The number of amides is 3. The normalized spacial score (nSPS) is 15.0. The van der Waals surface area contributed by atoms with Gasteiger partial charge in [-0.1, -0.05) is 30.0 Å². The first-order chi connectivity index (χ1) is 11.1. The predicted octanol–water partition coefficient (Wildman–Crippen LogP) is 1.74. The molecule has 0 unspecified atom stereocenters. The quantitative estimate of drug-likeness (QED) is 0.815. The van der Waals surface area contributed by atoms with E-state index < -0.39 is 11.3 Å². The van der Waals surface area contributed by atoms with Crippen molar-refractivity contribution >= 4 is 23.7 Å². The van der Waals surface area contributed by atoms with Crippen molar-refractivity contribution in [2.75, 3.05) is 0 Å². The zero-order chi connectivity index (χ0) is 16.2. The number of rotatable bonds is 5. The minimum absolute atomic E-state index is 0.215. The number of hydrogen-bond acceptors (Lipinski definition) is 5. The van der Waals surface area contributed by atoms with Gasteiger partial charge in [-0.2, -0.15) is 0 Å². The summed E-state index contributed by atoms with van der Waals surface area (Å²) in [4.78, 5) is 23.7. The number of benzene rings is 1. The van der Waals surface area contributed by atoms with Crippen molar-refractivity contribution in [1.29, 1.82) is 0 Å². The van der Waals surface area contributed by atoms with Gasteiger partial charge in [-0.3, -0.25) is 14.7 Å². The summed E-state index contributed by atoms with van der Waals surface area (Å²) in [5.74, 6) is -0.351. The molecule has 0 bridgehead atoms. The second-order valence-corrected chi connectivity index (χ2v) is 6.62. The molecule has 3 amide bonds. The Labute approximate surface area is 137 Å². The molecule has 3 rings (SSSR count). The number of para-hydroxylation sites is 1. The van der Waals surface area contributed by atoms with Crippen molar-refractivity contribution in [3.05, 3.63) is 36.7 Å². The van der Waals surface area contributed by atoms with Crippen molar-refractivity contribution in [1.82, 2.24) is 25.4 Å². The Morgan fingerprint density at radius 2 is 2.04 bits per heavy atom. The largest absolute Gasteiger partial charge is 0.335 e. The maximum Gasteiger partial charge on any atom is 0.321 e. The Morgan fingerprint density at radius 1 is 1.30 bits per heavy atom. The highest BCUT2D eigenvalue weighted by Gasteiger charge is 2.25. The number of urea groups is 1. The zero-order valence-corrected chi connectivity index (χ0v) is 13.4. The number of imide groups is 1. The van der Waals surface area contributed by atoms with Gasteiger partial charge in [0.25, 0.3) is 0 Å². The van der Waals surface area contributed by atoms with Gasteiger partial charge >= 0.3 is 6.03 Å². The second-order valence-electron chi connectivity index (χ2n) is 5.32. The van der Waals surface area contributed by atoms with Crippen LogP contribution in [0.3, 0.4) is 0 Å². The van der Waals surface area contributed by atoms with E-state index in [1.54, 1.807) is 17.8 Å². The van der Waals surface area contributed by atoms with Gasteiger partial charge in [-0.15, -0.1) is 10.2 Å². The molecule has 2 N–H and O–H groups in total. The molecule has 1 aromatic heterocycles. The Hall–Kier alpha value is -2.35. The van der Waals surface area contributed by atoms with Crippen molar-refractivity contribution < 1.29 is 9.59 Å². The maximum absolute atomic E-state index is 12.1. The molecule has 1 aliphatic carbocycles. The molecule has 1 aromatic carbocycles. The summed E-state index contributed by atoms with van der Waals surface area (Å²) in [5.41, 5.74) is 0.916. The number of carbonyl (C=O) groups is 2. The number of thioether (sulfide) groups is 1. The molecule has 23 heavy (non-hydrogen) atoms. The molecule has 7 nitrogen and oxygen atoms in total. The second kappa shape index (κ2) is 6.82. The summed E-state index contributed by atoms with van der Waals surface area (Å²) in [6.07, 6.45) is 3.56. The van der Waals surface area contributed by atoms with E-state index in [0.29, 0.717) is 5.16 Å². The summed E-state index contributed by atoms with van der Waals surface area (Å²) >= 11 is 1.25. The van der Waals surface area contributed by atoms with E-state index >= 15 is 0 Å². The molecule has 1 atom stereocenters. The fourth-order valence-electron chi connectivity index (χ4n) is 1.94. The van der Waals surface area contributed by atoms with Crippen LogP contribution in [0.25, 0.3) is 5.69 Å².